The second-order valence-electron chi connectivity index (χ2n) is 8.38. The number of likely N-dealkylation sites (tertiary alicyclic amines) is 1. The second kappa shape index (κ2) is 8.90. The summed E-state index contributed by atoms with van der Waals surface area (Å²) < 4.78 is 5.79. The van der Waals surface area contributed by atoms with Gasteiger partial charge in [-0.1, -0.05) is 30.7 Å². The molecule has 5 heteroatoms. The lowest BCUT2D eigenvalue weighted by molar-refractivity contribution is -0.123. The second-order valence-corrected chi connectivity index (χ2v) is 8.38. The van der Waals surface area contributed by atoms with Gasteiger partial charge in [-0.15, -0.1) is 0 Å². The van der Waals surface area contributed by atoms with E-state index in [1.165, 1.54) is 11.1 Å². The number of carbonyl (C=O) groups is 1. The van der Waals surface area contributed by atoms with Crippen molar-refractivity contribution in [3.8, 4) is 11.5 Å². The van der Waals surface area contributed by atoms with E-state index in [9.17, 15) is 4.79 Å². The molecule has 1 atom stereocenters. The van der Waals surface area contributed by atoms with Crippen molar-refractivity contribution in [3.05, 3.63) is 84.2 Å². The quantitative estimate of drug-likeness (QED) is 0.651. The van der Waals surface area contributed by atoms with Gasteiger partial charge in [0.1, 0.15) is 11.5 Å². The molecule has 1 aliphatic heterocycles. The molecule has 1 aliphatic carbocycles. The van der Waals surface area contributed by atoms with Crippen molar-refractivity contribution in [1.29, 1.82) is 0 Å². The fourth-order valence-corrected chi connectivity index (χ4v) is 4.82. The molecule has 5 nitrogen and oxygen atoms in total. The number of hydrogen-bond donors (Lipinski definition) is 1. The molecule has 0 saturated carbocycles. The molecule has 2 heterocycles. The number of pyridine rings is 1. The molecule has 3 aromatic rings. The first-order valence-electron chi connectivity index (χ1n) is 11.1. The van der Waals surface area contributed by atoms with E-state index in [-0.39, 0.29) is 11.9 Å². The van der Waals surface area contributed by atoms with E-state index in [1.54, 1.807) is 12.4 Å². The highest BCUT2D eigenvalue weighted by Crippen LogP contribution is 2.30. The van der Waals surface area contributed by atoms with Gasteiger partial charge in [0.2, 0.25) is 5.91 Å². The highest BCUT2D eigenvalue weighted by Gasteiger charge is 2.36. The number of ether oxygens (including phenoxy) is 1. The molecule has 31 heavy (non-hydrogen) atoms. The van der Waals surface area contributed by atoms with Crippen LogP contribution in [0.1, 0.15) is 30.4 Å². The molecule has 0 radical (unpaired) electrons. The van der Waals surface area contributed by atoms with Crippen LogP contribution in [0, 0.1) is 0 Å². The number of hydrogen-bond acceptors (Lipinski definition) is 4. The fraction of sp³-hybridized carbons (Fsp3) is 0.308. The fourth-order valence-electron chi connectivity index (χ4n) is 4.82. The normalized spacial score (nSPS) is 19.0. The zero-order valence-electron chi connectivity index (χ0n) is 17.5. The molecular weight excluding hydrogens is 386 g/mol. The van der Waals surface area contributed by atoms with Crippen molar-refractivity contribution >= 4 is 11.6 Å². The summed E-state index contributed by atoms with van der Waals surface area (Å²) >= 11 is 0. The molecule has 1 N–H and O–H groups in total. The minimum absolute atomic E-state index is 0.0700. The van der Waals surface area contributed by atoms with E-state index >= 15 is 0 Å². The maximum absolute atomic E-state index is 13.2. The number of aromatic nitrogens is 1. The Labute approximate surface area is 183 Å². The maximum atomic E-state index is 13.2. The SMILES string of the molecule is O=C(Nc1ccc(Oc2cccnc2)cc1)C1CCCCN1C1Cc2ccccc2C1. The molecule has 0 bridgehead atoms. The first-order chi connectivity index (χ1) is 15.3. The van der Waals surface area contributed by atoms with Crippen LogP contribution >= 0.6 is 0 Å². The van der Waals surface area contributed by atoms with E-state index in [1.807, 2.05) is 36.4 Å². The highest BCUT2D eigenvalue weighted by atomic mass is 16.5. The average molecular weight is 414 g/mol. The number of nitrogens with one attached hydrogen (secondary N) is 1. The molecule has 1 amide bonds. The van der Waals surface area contributed by atoms with Crippen LogP contribution in [0.2, 0.25) is 0 Å². The molecule has 1 saturated heterocycles. The Kier molecular flexibility index (Phi) is 5.67. The smallest absolute Gasteiger partial charge is 0.241 e. The molecule has 2 aromatic carbocycles. The van der Waals surface area contributed by atoms with Crippen molar-refractivity contribution in [3.63, 3.8) is 0 Å². The van der Waals surface area contributed by atoms with Crippen LogP contribution in [0.3, 0.4) is 0 Å². The summed E-state index contributed by atoms with van der Waals surface area (Å²) in [7, 11) is 0. The standard InChI is InChI=1S/C26H27N3O2/c30-26(28-21-10-12-23(13-11-21)31-24-8-5-14-27-18-24)25-9-3-4-15-29(25)22-16-19-6-1-2-7-20(19)17-22/h1-2,5-8,10-14,18,22,25H,3-4,9,15-17H2,(H,28,30). The van der Waals surface area contributed by atoms with Crippen LogP contribution in [0.4, 0.5) is 5.69 Å². The van der Waals surface area contributed by atoms with Gasteiger partial charge >= 0.3 is 0 Å². The Bertz CT molecular complexity index is 1010. The Morgan fingerprint density at radius 1 is 0.935 bits per heavy atom. The maximum Gasteiger partial charge on any atom is 0.241 e. The zero-order chi connectivity index (χ0) is 21.0. The number of fused-ring (bicyclic) bond motifs is 1. The molecule has 2 aliphatic rings. The van der Waals surface area contributed by atoms with Crippen LogP contribution in [0.15, 0.2) is 73.1 Å². The summed E-state index contributed by atoms with van der Waals surface area (Å²) in [5.41, 5.74) is 3.66. The van der Waals surface area contributed by atoms with Crippen LogP contribution in [-0.2, 0) is 17.6 Å². The molecular formula is C26H27N3O2. The molecule has 5 rings (SSSR count). The van der Waals surface area contributed by atoms with Gasteiger partial charge in [-0.3, -0.25) is 14.7 Å². The Balaban J connectivity index is 1.23. The molecule has 1 unspecified atom stereocenters. The van der Waals surface area contributed by atoms with Gasteiger partial charge in [0.15, 0.2) is 0 Å². The summed E-state index contributed by atoms with van der Waals surface area (Å²) in [5, 5.41) is 3.13. The van der Waals surface area contributed by atoms with E-state index in [2.05, 4.69) is 39.5 Å². The van der Waals surface area contributed by atoms with Crippen LogP contribution in [-0.4, -0.2) is 34.4 Å². The largest absolute Gasteiger partial charge is 0.456 e. The Hall–Kier alpha value is -3.18. The number of anilines is 1. The predicted octanol–water partition coefficient (Wildman–Crippen LogP) is 4.83. The average Bonchev–Trinajstić information content (AvgIpc) is 3.25. The van der Waals surface area contributed by atoms with Crippen molar-refractivity contribution < 1.29 is 9.53 Å². The summed E-state index contributed by atoms with van der Waals surface area (Å²) in [4.78, 5) is 19.7. The van der Waals surface area contributed by atoms with Gasteiger partial charge in [0, 0.05) is 17.9 Å². The summed E-state index contributed by atoms with van der Waals surface area (Å²) in [6.45, 7) is 0.995. The van der Waals surface area contributed by atoms with Gasteiger partial charge in [0.05, 0.1) is 12.2 Å². The van der Waals surface area contributed by atoms with Crippen molar-refractivity contribution in [1.82, 2.24) is 9.88 Å². The lowest BCUT2D eigenvalue weighted by Gasteiger charge is -2.39. The van der Waals surface area contributed by atoms with Crippen LogP contribution < -0.4 is 10.1 Å². The molecule has 1 fully saturated rings. The number of nitrogens with zero attached hydrogens (tertiary/aromatic N) is 2. The minimum Gasteiger partial charge on any atom is -0.456 e. The van der Waals surface area contributed by atoms with E-state index < -0.39 is 0 Å². The van der Waals surface area contributed by atoms with E-state index in [4.69, 9.17) is 4.74 Å². The lowest BCUT2D eigenvalue weighted by atomic mass is 9.97. The number of carbonyl (C=O) groups excluding carboxylic acids is 1. The minimum atomic E-state index is -0.0700. The van der Waals surface area contributed by atoms with Crippen molar-refractivity contribution in [2.45, 2.75) is 44.2 Å². The third-order valence-corrected chi connectivity index (χ3v) is 6.34. The number of rotatable bonds is 5. The van der Waals surface area contributed by atoms with E-state index in [0.29, 0.717) is 17.5 Å². The first-order valence-corrected chi connectivity index (χ1v) is 11.1. The number of piperidine rings is 1. The number of amides is 1. The monoisotopic (exact) mass is 413 g/mol. The Morgan fingerprint density at radius 3 is 2.42 bits per heavy atom. The van der Waals surface area contributed by atoms with Crippen molar-refractivity contribution in [2.24, 2.45) is 0 Å². The van der Waals surface area contributed by atoms with E-state index in [0.717, 1.165) is 44.3 Å². The van der Waals surface area contributed by atoms with Crippen LogP contribution in [0.5, 0.6) is 11.5 Å². The summed E-state index contributed by atoms with van der Waals surface area (Å²) in [6, 6.07) is 20.3. The lowest BCUT2D eigenvalue weighted by Crippen LogP contribution is -2.52. The molecule has 1 aromatic heterocycles. The summed E-state index contributed by atoms with van der Waals surface area (Å²) in [5.74, 6) is 1.50. The Morgan fingerprint density at radius 2 is 1.71 bits per heavy atom. The van der Waals surface area contributed by atoms with Gasteiger partial charge in [-0.05, 0) is 79.8 Å². The summed E-state index contributed by atoms with van der Waals surface area (Å²) in [6.07, 6.45) is 8.66. The van der Waals surface area contributed by atoms with Crippen LogP contribution in [0.25, 0.3) is 0 Å². The topological polar surface area (TPSA) is 54.5 Å². The first kappa shape index (κ1) is 19.8. The molecule has 158 valence electrons. The van der Waals surface area contributed by atoms with Gasteiger partial charge in [0.25, 0.3) is 0 Å². The van der Waals surface area contributed by atoms with Gasteiger partial charge in [-0.25, -0.2) is 0 Å². The predicted molar refractivity (Wildman–Crippen MR) is 121 cm³/mol. The van der Waals surface area contributed by atoms with Gasteiger partial charge < -0.3 is 10.1 Å². The molecule has 0 spiro atoms. The number of benzene rings is 2. The van der Waals surface area contributed by atoms with Gasteiger partial charge in [-0.2, -0.15) is 0 Å². The zero-order valence-corrected chi connectivity index (χ0v) is 17.5. The highest BCUT2D eigenvalue weighted by molar-refractivity contribution is 5.95. The van der Waals surface area contributed by atoms with Crippen molar-refractivity contribution in [2.75, 3.05) is 11.9 Å². The third kappa shape index (κ3) is 4.47. The third-order valence-electron chi connectivity index (χ3n) is 6.34.